The molecule has 5 nitrogen and oxygen atoms in total. The van der Waals surface area contributed by atoms with E-state index in [-0.39, 0.29) is 5.92 Å². The Bertz CT molecular complexity index is 628. The Hall–Kier alpha value is -1.62. The molecule has 0 aliphatic heterocycles. The van der Waals surface area contributed by atoms with Crippen LogP contribution in [-0.2, 0) is 18.4 Å². The van der Waals surface area contributed by atoms with Crippen molar-refractivity contribution >= 4 is 5.91 Å². The molecule has 1 aromatic rings. The highest BCUT2D eigenvalue weighted by atomic mass is 16.2. The van der Waals surface area contributed by atoms with Crippen LogP contribution in [0, 0.1) is 11.8 Å². The van der Waals surface area contributed by atoms with Crippen molar-refractivity contribution in [2.24, 2.45) is 18.9 Å². The average molecular weight is 359 g/mol. The van der Waals surface area contributed by atoms with Crippen molar-refractivity contribution < 1.29 is 4.79 Å². The topological polar surface area (TPSA) is 50.2 Å². The van der Waals surface area contributed by atoms with Crippen LogP contribution in [0.25, 0.3) is 0 Å². The fourth-order valence-electron chi connectivity index (χ4n) is 4.52. The van der Waals surface area contributed by atoms with Crippen LogP contribution in [0.15, 0.2) is 18.2 Å². The van der Waals surface area contributed by atoms with Crippen LogP contribution in [0.1, 0.15) is 62.3 Å². The molecule has 2 aliphatic carbocycles. The van der Waals surface area contributed by atoms with Crippen LogP contribution >= 0.6 is 0 Å². The quantitative estimate of drug-likeness (QED) is 0.794. The van der Waals surface area contributed by atoms with Gasteiger partial charge in [-0.3, -0.25) is 9.48 Å². The predicted octanol–water partition coefficient (Wildman–Crippen LogP) is 3.23. The van der Waals surface area contributed by atoms with Crippen molar-refractivity contribution in [2.75, 3.05) is 20.6 Å². The minimum Gasteiger partial charge on any atom is -0.345 e. The lowest BCUT2D eigenvalue weighted by molar-refractivity contribution is -0.135. The van der Waals surface area contributed by atoms with Gasteiger partial charge in [0.25, 0.3) is 0 Å². The number of carbonyl (C=O) groups is 1. The van der Waals surface area contributed by atoms with Gasteiger partial charge < -0.3 is 10.2 Å². The first-order chi connectivity index (χ1) is 12.6. The number of nitrogens with zero attached hydrogens (tertiary/aromatic N) is 3. The summed E-state index contributed by atoms with van der Waals surface area (Å²) in [5.41, 5.74) is 2.49. The van der Waals surface area contributed by atoms with Crippen molar-refractivity contribution in [3.8, 4) is 0 Å². The number of nitrogens with one attached hydrogen (secondary N) is 1. The van der Waals surface area contributed by atoms with E-state index in [1.54, 1.807) is 0 Å². The van der Waals surface area contributed by atoms with Gasteiger partial charge >= 0.3 is 0 Å². The van der Waals surface area contributed by atoms with Crippen LogP contribution in [0.5, 0.6) is 0 Å². The summed E-state index contributed by atoms with van der Waals surface area (Å²) in [4.78, 5) is 14.6. The number of hydrogen-bond acceptors (Lipinski definition) is 3. The first kappa shape index (κ1) is 19.2. The first-order valence-electron chi connectivity index (χ1n) is 10.2. The minimum atomic E-state index is 0.209. The van der Waals surface area contributed by atoms with Crippen molar-refractivity contribution in [3.63, 3.8) is 0 Å². The number of carbonyl (C=O) groups excluding carboxylic acids is 1. The second-order valence-electron chi connectivity index (χ2n) is 8.13. The summed E-state index contributed by atoms with van der Waals surface area (Å²) in [5, 5.41) is 7.94. The van der Waals surface area contributed by atoms with Gasteiger partial charge in [-0.15, -0.1) is 0 Å². The summed E-state index contributed by atoms with van der Waals surface area (Å²) in [6, 6.07) is 2.26. The molecule has 3 rings (SSSR count). The molecule has 1 N–H and O–H groups in total. The molecular formula is C21H34N4O. The molecule has 0 unspecified atom stereocenters. The van der Waals surface area contributed by atoms with E-state index >= 15 is 0 Å². The second kappa shape index (κ2) is 8.85. The Kier molecular flexibility index (Phi) is 6.52. The van der Waals surface area contributed by atoms with Crippen molar-refractivity contribution in [1.29, 1.82) is 0 Å². The third kappa shape index (κ3) is 4.56. The Balaban J connectivity index is 1.48. The zero-order chi connectivity index (χ0) is 18.5. The summed E-state index contributed by atoms with van der Waals surface area (Å²) in [7, 11) is 6.00. The van der Waals surface area contributed by atoms with E-state index in [4.69, 9.17) is 5.10 Å². The van der Waals surface area contributed by atoms with Gasteiger partial charge in [-0.25, -0.2) is 0 Å². The fourth-order valence-corrected chi connectivity index (χ4v) is 4.52. The highest BCUT2D eigenvalue weighted by molar-refractivity contribution is 5.78. The molecule has 0 aromatic carbocycles. The summed E-state index contributed by atoms with van der Waals surface area (Å²) >= 11 is 0. The van der Waals surface area contributed by atoms with Gasteiger partial charge in [-0.1, -0.05) is 12.2 Å². The smallest absolute Gasteiger partial charge is 0.225 e. The standard InChI is InChI=1S/C21H34N4O/c1-22-14-19-13-20(23-25(19)3)17-11-9-16(10-12-17)15-24(2)21(26)18-7-5-4-6-8-18/h4-5,13,16-18,22H,6-12,14-15H2,1-3H3/t16?,17?,18-/m1/s1. The van der Waals surface area contributed by atoms with Crippen LogP contribution < -0.4 is 5.32 Å². The maximum absolute atomic E-state index is 12.6. The molecule has 0 bridgehead atoms. The zero-order valence-electron chi connectivity index (χ0n) is 16.6. The number of rotatable bonds is 6. The molecule has 1 amide bonds. The predicted molar refractivity (Wildman–Crippen MR) is 105 cm³/mol. The molecular weight excluding hydrogens is 324 g/mol. The van der Waals surface area contributed by atoms with E-state index in [1.807, 2.05) is 30.7 Å². The third-order valence-corrected chi connectivity index (χ3v) is 6.15. The number of aryl methyl sites for hydroxylation is 1. The SMILES string of the molecule is CNCc1cc(C2CCC(CN(C)C(=O)[C@@H]3CC=CCC3)CC2)nn1C. The fraction of sp³-hybridized carbons (Fsp3) is 0.714. The molecule has 144 valence electrons. The van der Waals surface area contributed by atoms with Crippen LogP contribution in [0.2, 0.25) is 0 Å². The molecule has 0 saturated heterocycles. The van der Waals surface area contributed by atoms with Gasteiger partial charge in [0.15, 0.2) is 0 Å². The van der Waals surface area contributed by atoms with Crippen LogP contribution in [-0.4, -0.2) is 41.2 Å². The number of allylic oxidation sites excluding steroid dienone is 2. The lowest BCUT2D eigenvalue weighted by Gasteiger charge is -2.32. The van der Waals surface area contributed by atoms with Crippen molar-refractivity contribution in [1.82, 2.24) is 20.0 Å². The Labute approximate surface area is 157 Å². The summed E-state index contributed by atoms with van der Waals surface area (Å²) in [6.45, 7) is 1.78. The Morgan fingerprint density at radius 2 is 2.04 bits per heavy atom. The van der Waals surface area contributed by atoms with Gasteiger partial charge in [0.1, 0.15) is 0 Å². The molecule has 26 heavy (non-hydrogen) atoms. The molecule has 1 saturated carbocycles. The molecule has 5 heteroatoms. The molecule has 1 heterocycles. The largest absolute Gasteiger partial charge is 0.345 e. The molecule has 1 aromatic heterocycles. The van der Waals surface area contributed by atoms with E-state index in [0.29, 0.717) is 17.7 Å². The number of aromatic nitrogens is 2. The van der Waals surface area contributed by atoms with Crippen molar-refractivity contribution in [3.05, 3.63) is 29.6 Å². The maximum Gasteiger partial charge on any atom is 0.225 e. The van der Waals surface area contributed by atoms with E-state index in [0.717, 1.165) is 32.4 Å². The average Bonchev–Trinajstić information content (AvgIpc) is 3.03. The Morgan fingerprint density at radius 3 is 2.69 bits per heavy atom. The van der Waals surface area contributed by atoms with E-state index < -0.39 is 0 Å². The van der Waals surface area contributed by atoms with E-state index in [1.165, 1.54) is 37.1 Å². The summed E-state index contributed by atoms with van der Waals surface area (Å²) in [6.07, 6.45) is 12.1. The van der Waals surface area contributed by atoms with E-state index in [2.05, 4.69) is 23.5 Å². The second-order valence-corrected chi connectivity index (χ2v) is 8.13. The summed E-state index contributed by atoms with van der Waals surface area (Å²) < 4.78 is 2.00. The molecule has 0 spiro atoms. The number of amides is 1. The monoisotopic (exact) mass is 358 g/mol. The highest BCUT2D eigenvalue weighted by Crippen LogP contribution is 2.36. The molecule has 1 fully saturated rings. The lowest BCUT2D eigenvalue weighted by Crippen LogP contribution is -2.37. The van der Waals surface area contributed by atoms with Gasteiger partial charge in [0, 0.05) is 39.0 Å². The van der Waals surface area contributed by atoms with E-state index in [9.17, 15) is 4.79 Å². The summed E-state index contributed by atoms with van der Waals surface area (Å²) in [5.74, 6) is 1.77. The molecule has 1 atom stereocenters. The Morgan fingerprint density at radius 1 is 1.27 bits per heavy atom. The molecule has 0 radical (unpaired) electrons. The van der Waals surface area contributed by atoms with Crippen LogP contribution in [0.4, 0.5) is 0 Å². The third-order valence-electron chi connectivity index (χ3n) is 6.15. The van der Waals surface area contributed by atoms with Gasteiger partial charge in [-0.05, 0) is 64.0 Å². The van der Waals surface area contributed by atoms with Crippen molar-refractivity contribution in [2.45, 2.75) is 57.4 Å². The van der Waals surface area contributed by atoms with Crippen LogP contribution in [0.3, 0.4) is 0 Å². The maximum atomic E-state index is 12.6. The minimum absolute atomic E-state index is 0.209. The van der Waals surface area contributed by atoms with Gasteiger partial charge in [0.2, 0.25) is 5.91 Å². The van der Waals surface area contributed by atoms with Gasteiger partial charge in [-0.2, -0.15) is 5.10 Å². The zero-order valence-corrected chi connectivity index (χ0v) is 16.6. The molecule has 2 aliphatic rings. The lowest BCUT2D eigenvalue weighted by atomic mass is 9.80. The number of hydrogen-bond donors (Lipinski definition) is 1. The normalized spacial score (nSPS) is 26.0. The van der Waals surface area contributed by atoms with Gasteiger partial charge in [0.05, 0.1) is 11.4 Å². The first-order valence-corrected chi connectivity index (χ1v) is 10.2. The highest BCUT2D eigenvalue weighted by Gasteiger charge is 2.28.